The van der Waals surface area contributed by atoms with Crippen LogP contribution in [0, 0.1) is 0 Å². The lowest BCUT2D eigenvalue weighted by Crippen LogP contribution is -2.13. The Morgan fingerprint density at radius 2 is 2.25 bits per heavy atom. The van der Waals surface area contributed by atoms with Crippen molar-refractivity contribution in [2.24, 2.45) is 5.73 Å². The summed E-state index contributed by atoms with van der Waals surface area (Å²) in [5.41, 5.74) is 11.4. The molecular formula is C8H8N6OS. The van der Waals surface area contributed by atoms with Gasteiger partial charge in [-0.05, 0) is 17.8 Å². The fourth-order valence-electron chi connectivity index (χ4n) is 1.06. The zero-order valence-corrected chi connectivity index (χ0v) is 8.86. The van der Waals surface area contributed by atoms with E-state index < -0.39 is 5.91 Å². The van der Waals surface area contributed by atoms with Gasteiger partial charge in [0.1, 0.15) is 11.4 Å². The first-order valence-corrected chi connectivity index (χ1v) is 5.07. The van der Waals surface area contributed by atoms with Gasteiger partial charge in [0.25, 0.3) is 5.91 Å². The highest BCUT2D eigenvalue weighted by Gasteiger charge is 2.12. The minimum absolute atomic E-state index is 0.265. The highest BCUT2D eigenvalue weighted by molar-refractivity contribution is 7.99. The summed E-state index contributed by atoms with van der Waals surface area (Å²) in [5, 5.41) is 7.30. The van der Waals surface area contributed by atoms with Gasteiger partial charge < -0.3 is 11.5 Å². The molecule has 0 fully saturated rings. The van der Waals surface area contributed by atoms with Gasteiger partial charge >= 0.3 is 0 Å². The maximum atomic E-state index is 11.2. The number of carbonyl (C=O) groups is 1. The van der Waals surface area contributed by atoms with E-state index in [1.165, 1.54) is 18.6 Å². The Bertz CT molecular complexity index is 511. The molecule has 0 aliphatic carbocycles. The molecule has 2 aromatic rings. The number of amides is 1. The largest absolute Gasteiger partial charge is 0.397 e. The van der Waals surface area contributed by atoms with E-state index >= 15 is 0 Å². The molecule has 0 bridgehead atoms. The molecule has 0 spiro atoms. The van der Waals surface area contributed by atoms with Gasteiger partial charge in [-0.2, -0.15) is 5.10 Å². The topological polar surface area (TPSA) is 124 Å². The first kappa shape index (κ1) is 10.4. The number of anilines is 1. The maximum Gasteiger partial charge on any atom is 0.251 e. The second-order valence-electron chi connectivity index (χ2n) is 2.88. The number of nitrogen functional groups attached to an aromatic ring is 1. The van der Waals surface area contributed by atoms with Crippen LogP contribution in [-0.2, 0) is 0 Å². The Labute approximate surface area is 94.7 Å². The van der Waals surface area contributed by atoms with Crippen LogP contribution in [0.5, 0.6) is 0 Å². The van der Waals surface area contributed by atoms with Crippen LogP contribution in [-0.4, -0.2) is 26.1 Å². The zero-order valence-electron chi connectivity index (χ0n) is 8.04. The predicted molar refractivity (Wildman–Crippen MR) is 57.7 cm³/mol. The summed E-state index contributed by atoms with van der Waals surface area (Å²) >= 11 is 1.16. The Kier molecular flexibility index (Phi) is 2.73. The van der Waals surface area contributed by atoms with E-state index in [4.69, 9.17) is 11.5 Å². The molecule has 16 heavy (non-hydrogen) atoms. The lowest BCUT2D eigenvalue weighted by molar-refractivity contribution is 0.0997. The van der Waals surface area contributed by atoms with Gasteiger partial charge in [0, 0.05) is 0 Å². The van der Waals surface area contributed by atoms with E-state index in [2.05, 4.69) is 20.2 Å². The molecule has 2 aromatic heterocycles. The number of nitrogens with one attached hydrogen (secondary N) is 1. The Morgan fingerprint density at radius 3 is 2.88 bits per heavy atom. The Balaban J connectivity index is 2.36. The smallest absolute Gasteiger partial charge is 0.251 e. The second-order valence-corrected chi connectivity index (χ2v) is 3.86. The summed E-state index contributed by atoms with van der Waals surface area (Å²) in [6, 6.07) is 1.48. The standard InChI is InChI=1S/C8H8N6OS/c9-4-1-5(6(10)15)7(11-2-4)16-8-12-3-13-14-8/h1-3H,9H2,(H2,10,15)(H,12,13,14). The lowest BCUT2D eigenvalue weighted by atomic mass is 10.2. The molecule has 7 nitrogen and oxygen atoms in total. The number of rotatable bonds is 3. The summed E-state index contributed by atoms with van der Waals surface area (Å²) in [5.74, 6) is -0.582. The minimum Gasteiger partial charge on any atom is -0.397 e. The average molecular weight is 236 g/mol. The molecule has 0 unspecified atom stereocenters. The number of H-pyrrole nitrogens is 1. The average Bonchev–Trinajstić information content (AvgIpc) is 2.73. The van der Waals surface area contributed by atoms with Crippen LogP contribution in [0.4, 0.5) is 5.69 Å². The molecule has 0 radical (unpaired) electrons. The quantitative estimate of drug-likeness (QED) is 0.690. The van der Waals surface area contributed by atoms with E-state index in [1.54, 1.807) is 0 Å². The summed E-state index contributed by atoms with van der Waals surface area (Å²) in [7, 11) is 0. The van der Waals surface area contributed by atoms with E-state index in [-0.39, 0.29) is 5.56 Å². The molecule has 0 saturated carbocycles. The van der Waals surface area contributed by atoms with Crippen molar-refractivity contribution >= 4 is 23.4 Å². The molecule has 2 heterocycles. The minimum atomic E-state index is -0.582. The number of nitrogens with two attached hydrogens (primary N) is 2. The van der Waals surface area contributed by atoms with Crippen molar-refractivity contribution in [2.45, 2.75) is 10.2 Å². The molecule has 82 valence electrons. The molecule has 0 atom stereocenters. The van der Waals surface area contributed by atoms with Crippen molar-refractivity contribution in [3.05, 3.63) is 24.2 Å². The van der Waals surface area contributed by atoms with Crippen molar-refractivity contribution in [1.82, 2.24) is 20.2 Å². The van der Waals surface area contributed by atoms with Crippen LogP contribution in [0.2, 0.25) is 0 Å². The van der Waals surface area contributed by atoms with Crippen molar-refractivity contribution in [3.63, 3.8) is 0 Å². The second kappa shape index (κ2) is 4.19. The van der Waals surface area contributed by atoms with E-state index in [0.29, 0.717) is 15.9 Å². The van der Waals surface area contributed by atoms with Gasteiger partial charge in [0.05, 0.1) is 17.4 Å². The Hall–Kier alpha value is -2.09. The van der Waals surface area contributed by atoms with Gasteiger partial charge in [0.15, 0.2) is 5.16 Å². The predicted octanol–water partition coefficient (Wildman–Crippen LogP) is 0.0320. The number of hydrogen-bond donors (Lipinski definition) is 3. The third-order valence-electron chi connectivity index (χ3n) is 1.72. The monoisotopic (exact) mass is 236 g/mol. The van der Waals surface area contributed by atoms with Crippen LogP contribution in [0.15, 0.2) is 28.8 Å². The zero-order chi connectivity index (χ0) is 11.5. The van der Waals surface area contributed by atoms with Crippen LogP contribution < -0.4 is 11.5 Å². The maximum absolute atomic E-state index is 11.2. The third-order valence-corrected chi connectivity index (χ3v) is 2.63. The SMILES string of the molecule is NC(=O)c1cc(N)cnc1Sc1ncn[nH]1. The van der Waals surface area contributed by atoms with E-state index in [1.807, 2.05) is 0 Å². The van der Waals surface area contributed by atoms with Crippen molar-refractivity contribution in [1.29, 1.82) is 0 Å². The van der Waals surface area contributed by atoms with Gasteiger partial charge in [0.2, 0.25) is 0 Å². The number of primary amides is 1. The number of carbonyl (C=O) groups excluding carboxylic acids is 1. The molecule has 0 aromatic carbocycles. The molecule has 2 rings (SSSR count). The van der Waals surface area contributed by atoms with E-state index in [0.717, 1.165) is 11.8 Å². The number of aromatic amines is 1. The fourth-order valence-corrected chi connectivity index (χ4v) is 1.82. The fraction of sp³-hybridized carbons (Fsp3) is 0. The van der Waals surface area contributed by atoms with Crippen molar-refractivity contribution < 1.29 is 4.79 Å². The first-order chi connectivity index (χ1) is 7.66. The number of aromatic nitrogens is 4. The number of nitrogens with zero attached hydrogens (tertiary/aromatic N) is 3. The molecule has 0 aliphatic rings. The molecular weight excluding hydrogens is 228 g/mol. The summed E-state index contributed by atoms with van der Waals surface area (Å²) in [4.78, 5) is 19.1. The van der Waals surface area contributed by atoms with Crippen LogP contribution in [0.3, 0.4) is 0 Å². The van der Waals surface area contributed by atoms with Gasteiger partial charge in [-0.3, -0.25) is 9.89 Å². The van der Waals surface area contributed by atoms with Crippen LogP contribution >= 0.6 is 11.8 Å². The number of pyridine rings is 1. The van der Waals surface area contributed by atoms with Gasteiger partial charge in [-0.15, -0.1) is 0 Å². The van der Waals surface area contributed by atoms with Crippen LogP contribution in [0.1, 0.15) is 10.4 Å². The number of hydrogen-bond acceptors (Lipinski definition) is 6. The third kappa shape index (κ3) is 2.11. The van der Waals surface area contributed by atoms with E-state index in [9.17, 15) is 4.79 Å². The van der Waals surface area contributed by atoms with Gasteiger partial charge in [-0.1, -0.05) is 0 Å². The normalized spacial score (nSPS) is 10.2. The van der Waals surface area contributed by atoms with Crippen molar-refractivity contribution in [2.75, 3.05) is 5.73 Å². The van der Waals surface area contributed by atoms with Crippen molar-refractivity contribution in [3.8, 4) is 0 Å². The molecule has 0 saturated heterocycles. The lowest BCUT2D eigenvalue weighted by Gasteiger charge is -2.03. The molecule has 1 amide bonds. The summed E-state index contributed by atoms with van der Waals surface area (Å²) < 4.78 is 0. The first-order valence-electron chi connectivity index (χ1n) is 4.25. The highest BCUT2D eigenvalue weighted by atomic mass is 32.2. The Morgan fingerprint density at radius 1 is 1.44 bits per heavy atom. The van der Waals surface area contributed by atoms with Crippen LogP contribution in [0.25, 0.3) is 0 Å². The summed E-state index contributed by atoms with van der Waals surface area (Å²) in [6.45, 7) is 0. The molecule has 8 heteroatoms. The molecule has 5 N–H and O–H groups in total. The highest BCUT2D eigenvalue weighted by Crippen LogP contribution is 2.26. The molecule has 0 aliphatic heterocycles. The van der Waals surface area contributed by atoms with Gasteiger partial charge in [-0.25, -0.2) is 9.97 Å². The summed E-state index contributed by atoms with van der Waals surface area (Å²) in [6.07, 6.45) is 2.81.